The lowest BCUT2D eigenvalue weighted by Gasteiger charge is -2.21. The molecule has 0 aliphatic heterocycles. The number of rotatable bonds is 4. The van der Waals surface area contributed by atoms with E-state index >= 15 is 0 Å². The van der Waals surface area contributed by atoms with Crippen molar-refractivity contribution in [2.24, 2.45) is 0 Å². The van der Waals surface area contributed by atoms with E-state index in [4.69, 9.17) is 0 Å². The minimum atomic E-state index is -1.03. The second-order valence-corrected chi connectivity index (χ2v) is 4.75. The largest absolute Gasteiger partial charge is 0.478 e. The summed E-state index contributed by atoms with van der Waals surface area (Å²) in [7, 11) is 0. The molecule has 0 aromatic heterocycles. The van der Waals surface area contributed by atoms with E-state index in [0.29, 0.717) is 23.8 Å². The molecule has 1 fully saturated rings. The fourth-order valence-electron chi connectivity index (χ4n) is 2.20. The monoisotopic (exact) mass is 262 g/mol. The molecule has 5 heteroatoms. The summed E-state index contributed by atoms with van der Waals surface area (Å²) in [5.74, 6) is -1.03. The summed E-state index contributed by atoms with van der Waals surface area (Å²) in [6, 6.07) is 5.17. The molecule has 0 spiro atoms. The maximum atomic E-state index is 12.1. The van der Waals surface area contributed by atoms with Crippen LogP contribution in [0.4, 0.5) is 10.5 Å². The third-order valence-corrected chi connectivity index (χ3v) is 3.32. The van der Waals surface area contributed by atoms with Crippen molar-refractivity contribution in [2.75, 3.05) is 11.9 Å². The van der Waals surface area contributed by atoms with E-state index in [1.54, 1.807) is 30.0 Å². The Bertz CT molecular complexity index is 509. The van der Waals surface area contributed by atoms with Crippen LogP contribution in [-0.2, 0) is 0 Å². The molecule has 2 rings (SSSR count). The van der Waals surface area contributed by atoms with Gasteiger partial charge in [0.25, 0.3) is 0 Å². The van der Waals surface area contributed by atoms with Crippen LogP contribution in [0, 0.1) is 6.92 Å². The Morgan fingerprint density at radius 1 is 1.42 bits per heavy atom. The minimum absolute atomic E-state index is 0.155. The Morgan fingerprint density at radius 2 is 2.11 bits per heavy atom. The Kier molecular flexibility index (Phi) is 3.74. The molecule has 0 heterocycles. The van der Waals surface area contributed by atoms with Crippen molar-refractivity contribution in [3.05, 3.63) is 29.3 Å². The highest BCUT2D eigenvalue weighted by molar-refractivity contribution is 6.01. The van der Waals surface area contributed by atoms with E-state index in [1.807, 2.05) is 6.92 Å². The van der Waals surface area contributed by atoms with Crippen LogP contribution in [-0.4, -0.2) is 34.6 Å². The molecular weight excluding hydrogens is 244 g/mol. The van der Waals surface area contributed by atoms with Crippen molar-refractivity contribution < 1.29 is 14.7 Å². The maximum absolute atomic E-state index is 12.1. The summed E-state index contributed by atoms with van der Waals surface area (Å²) in [5.41, 5.74) is 1.15. The molecule has 0 saturated heterocycles. The van der Waals surface area contributed by atoms with Gasteiger partial charge in [-0.15, -0.1) is 0 Å². The van der Waals surface area contributed by atoms with E-state index < -0.39 is 5.97 Å². The van der Waals surface area contributed by atoms with Crippen molar-refractivity contribution in [1.82, 2.24) is 4.90 Å². The first-order valence-electron chi connectivity index (χ1n) is 6.45. The molecule has 1 aliphatic carbocycles. The molecule has 19 heavy (non-hydrogen) atoms. The summed E-state index contributed by atoms with van der Waals surface area (Å²) >= 11 is 0. The van der Waals surface area contributed by atoms with Gasteiger partial charge in [0, 0.05) is 12.6 Å². The molecule has 1 saturated carbocycles. The quantitative estimate of drug-likeness (QED) is 0.876. The van der Waals surface area contributed by atoms with Gasteiger partial charge < -0.3 is 15.3 Å². The Labute approximate surface area is 112 Å². The van der Waals surface area contributed by atoms with E-state index in [2.05, 4.69) is 5.32 Å². The highest BCUT2D eigenvalue weighted by Gasteiger charge is 2.31. The number of hydrogen-bond donors (Lipinski definition) is 2. The number of anilines is 1. The zero-order chi connectivity index (χ0) is 14.0. The lowest BCUT2D eigenvalue weighted by atomic mass is 10.1. The Morgan fingerprint density at radius 3 is 2.63 bits per heavy atom. The number of nitrogens with one attached hydrogen (secondary N) is 1. The lowest BCUT2D eigenvalue weighted by Crippen LogP contribution is -2.36. The molecule has 0 bridgehead atoms. The first-order chi connectivity index (χ1) is 9.04. The molecule has 0 radical (unpaired) electrons. The number of carboxylic acids is 1. The van der Waals surface area contributed by atoms with E-state index in [0.717, 1.165) is 12.8 Å². The number of aryl methyl sites for hydroxylation is 1. The maximum Gasteiger partial charge on any atom is 0.338 e. The average Bonchev–Trinajstić information content (AvgIpc) is 3.14. The van der Waals surface area contributed by atoms with Gasteiger partial charge in [-0.05, 0) is 38.3 Å². The van der Waals surface area contributed by atoms with Crippen molar-refractivity contribution in [3.8, 4) is 0 Å². The Hall–Kier alpha value is -2.04. The van der Waals surface area contributed by atoms with Crippen LogP contribution in [0.5, 0.6) is 0 Å². The zero-order valence-electron chi connectivity index (χ0n) is 11.1. The highest BCUT2D eigenvalue weighted by Crippen LogP contribution is 2.28. The number of carbonyl (C=O) groups is 2. The first kappa shape index (κ1) is 13.4. The predicted octanol–water partition coefficient (Wildman–Crippen LogP) is 2.71. The van der Waals surface area contributed by atoms with Crippen LogP contribution >= 0.6 is 0 Å². The molecule has 1 aliphatic rings. The van der Waals surface area contributed by atoms with Gasteiger partial charge in [-0.1, -0.05) is 12.1 Å². The fourth-order valence-corrected chi connectivity index (χ4v) is 2.20. The smallest absolute Gasteiger partial charge is 0.338 e. The van der Waals surface area contributed by atoms with Crippen LogP contribution in [0.2, 0.25) is 0 Å². The second kappa shape index (κ2) is 5.30. The number of hydrogen-bond acceptors (Lipinski definition) is 2. The standard InChI is InChI=1S/C14H18N2O3/c1-3-16(10-7-8-10)14(19)15-11-6-4-5-9(2)12(11)13(17)18/h4-6,10H,3,7-8H2,1-2H3,(H,15,19)(H,17,18). The summed E-state index contributed by atoms with van der Waals surface area (Å²) in [4.78, 5) is 25.1. The van der Waals surface area contributed by atoms with Gasteiger partial charge >= 0.3 is 12.0 Å². The number of nitrogens with zero attached hydrogens (tertiary/aromatic N) is 1. The highest BCUT2D eigenvalue weighted by atomic mass is 16.4. The average molecular weight is 262 g/mol. The van der Waals surface area contributed by atoms with E-state index in [1.165, 1.54) is 0 Å². The number of carbonyl (C=O) groups excluding carboxylic acids is 1. The fraction of sp³-hybridized carbons (Fsp3) is 0.429. The van der Waals surface area contributed by atoms with E-state index in [-0.39, 0.29) is 11.6 Å². The van der Waals surface area contributed by atoms with Crippen molar-refractivity contribution in [2.45, 2.75) is 32.7 Å². The second-order valence-electron chi connectivity index (χ2n) is 4.75. The Balaban J connectivity index is 2.21. The van der Waals surface area contributed by atoms with Gasteiger partial charge in [0.05, 0.1) is 11.3 Å². The molecule has 0 atom stereocenters. The third kappa shape index (κ3) is 2.86. The zero-order valence-corrected chi connectivity index (χ0v) is 11.1. The summed E-state index contributed by atoms with van der Waals surface area (Å²) in [5, 5.41) is 11.9. The van der Waals surface area contributed by atoms with Gasteiger partial charge in [-0.25, -0.2) is 9.59 Å². The molecule has 2 N–H and O–H groups in total. The lowest BCUT2D eigenvalue weighted by molar-refractivity contribution is 0.0697. The van der Waals surface area contributed by atoms with Crippen LogP contribution in [0.25, 0.3) is 0 Å². The van der Waals surface area contributed by atoms with E-state index in [9.17, 15) is 14.7 Å². The molecule has 1 aromatic rings. The molecule has 1 aromatic carbocycles. The van der Waals surface area contributed by atoms with Crippen molar-refractivity contribution in [1.29, 1.82) is 0 Å². The molecule has 102 valence electrons. The predicted molar refractivity (Wildman–Crippen MR) is 72.6 cm³/mol. The molecule has 0 unspecified atom stereocenters. The summed E-state index contributed by atoms with van der Waals surface area (Å²) < 4.78 is 0. The molecular formula is C14H18N2O3. The minimum Gasteiger partial charge on any atom is -0.478 e. The van der Waals surface area contributed by atoms with Crippen molar-refractivity contribution >= 4 is 17.7 Å². The van der Waals surface area contributed by atoms with Crippen molar-refractivity contribution in [3.63, 3.8) is 0 Å². The number of aromatic carboxylic acids is 1. The number of carboxylic acid groups (broad SMARTS) is 1. The summed E-state index contributed by atoms with van der Waals surface area (Å²) in [6.45, 7) is 4.27. The van der Waals surface area contributed by atoms with Gasteiger partial charge in [0.1, 0.15) is 0 Å². The van der Waals surface area contributed by atoms with Crippen LogP contribution < -0.4 is 5.32 Å². The topological polar surface area (TPSA) is 69.6 Å². The number of urea groups is 1. The number of benzene rings is 1. The van der Waals surface area contributed by atoms with Gasteiger partial charge in [0.15, 0.2) is 0 Å². The van der Waals surface area contributed by atoms with Gasteiger partial charge in [-0.3, -0.25) is 0 Å². The number of amides is 2. The summed E-state index contributed by atoms with van der Waals surface area (Å²) in [6.07, 6.45) is 2.06. The normalized spacial score (nSPS) is 14.0. The van der Waals surface area contributed by atoms with Gasteiger partial charge in [0.2, 0.25) is 0 Å². The first-order valence-corrected chi connectivity index (χ1v) is 6.45. The van der Waals surface area contributed by atoms with Crippen LogP contribution in [0.15, 0.2) is 18.2 Å². The molecule has 5 nitrogen and oxygen atoms in total. The SMILES string of the molecule is CCN(C(=O)Nc1cccc(C)c1C(=O)O)C1CC1. The van der Waals surface area contributed by atoms with Crippen LogP contribution in [0.1, 0.15) is 35.7 Å². The third-order valence-electron chi connectivity index (χ3n) is 3.32. The van der Waals surface area contributed by atoms with Gasteiger partial charge in [-0.2, -0.15) is 0 Å². The van der Waals surface area contributed by atoms with Crippen LogP contribution in [0.3, 0.4) is 0 Å². The molecule has 2 amide bonds.